The Morgan fingerprint density at radius 2 is 1.72 bits per heavy atom. The molecular weight excluding hydrogens is 781 g/mol. The van der Waals surface area contributed by atoms with Gasteiger partial charge in [-0.2, -0.15) is 0 Å². The highest BCUT2D eigenvalue weighted by molar-refractivity contribution is 6.03. The number of fused-ring (bicyclic) bond motifs is 3. The third kappa shape index (κ3) is 8.87. The van der Waals surface area contributed by atoms with Crippen LogP contribution in [-0.2, 0) is 9.57 Å². The third-order valence-electron chi connectivity index (χ3n) is 12.2. The summed E-state index contributed by atoms with van der Waals surface area (Å²) in [5.74, 6) is 0.913. The average Bonchev–Trinajstić information content (AvgIpc) is 3.76. The second-order valence-corrected chi connectivity index (χ2v) is 15.9. The smallest absolute Gasteiger partial charge is 0.254 e. The number of carbonyl (C=O) groups excluding carboxylic acids is 2. The van der Waals surface area contributed by atoms with Crippen molar-refractivity contribution in [3.05, 3.63) is 95.6 Å². The molecule has 1 saturated carbocycles. The van der Waals surface area contributed by atoms with Crippen molar-refractivity contribution >= 4 is 17.9 Å². The predicted molar refractivity (Wildman–Crippen MR) is 229 cm³/mol. The Labute approximate surface area is 357 Å². The summed E-state index contributed by atoms with van der Waals surface area (Å²) in [6, 6.07) is 15.4. The number of allylic oxidation sites excluding steroid dienone is 1. The molecule has 2 heterocycles. The lowest BCUT2D eigenvalue weighted by atomic mass is 9.55. The molecule has 0 aromatic heterocycles. The fourth-order valence-electron chi connectivity index (χ4n) is 9.69. The number of oxime groups is 1. The Kier molecular flexibility index (Phi) is 14.3. The van der Waals surface area contributed by atoms with E-state index >= 15 is 4.79 Å². The predicted octanol–water partition coefficient (Wildman–Crippen LogP) is 8.23. The van der Waals surface area contributed by atoms with Crippen LogP contribution in [0.4, 0.5) is 0 Å². The van der Waals surface area contributed by atoms with E-state index in [2.05, 4.69) is 12.7 Å². The number of methoxy groups -OCH3 is 1. The van der Waals surface area contributed by atoms with Gasteiger partial charge in [-0.15, -0.1) is 6.58 Å². The van der Waals surface area contributed by atoms with Gasteiger partial charge < -0.3 is 48.4 Å². The highest BCUT2D eigenvalue weighted by Gasteiger charge is 2.65. The maximum absolute atomic E-state index is 15.0. The van der Waals surface area contributed by atoms with Gasteiger partial charge >= 0.3 is 0 Å². The number of ether oxygens (including phenoxy) is 6. The fourth-order valence-corrected chi connectivity index (χ4v) is 9.69. The van der Waals surface area contributed by atoms with Crippen molar-refractivity contribution < 1.29 is 53.1 Å². The molecule has 13 heteroatoms. The Bertz CT molecular complexity index is 2100. The molecule has 0 spiro atoms. The number of hydrogen-bond donors (Lipinski definition) is 2. The molecule has 2 aliphatic heterocycles. The van der Waals surface area contributed by atoms with E-state index in [1.807, 2.05) is 36.9 Å². The van der Waals surface area contributed by atoms with E-state index in [0.29, 0.717) is 78.0 Å². The van der Waals surface area contributed by atoms with Gasteiger partial charge in [-0.1, -0.05) is 37.1 Å². The maximum atomic E-state index is 15.0. The number of amides is 1. The van der Waals surface area contributed by atoms with Gasteiger partial charge in [0.15, 0.2) is 17.8 Å². The molecule has 61 heavy (non-hydrogen) atoms. The molecule has 2 aliphatic carbocycles. The summed E-state index contributed by atoms with van der Waals surface area (Å²) in [6.45, 7) is 9.11. The molecule has 7 rings (SSSR count). The zero-order valence-electron chi connectivity index (χ0n) is 35.4. The molecule has 13 nitrogen and oxygen atoms in total. The van der Waals surface area contributed by atoms with Crippen molar-refractivity contribution in [3.8, 4) is 34.5 Å². The molecule has 1 fully saturated rings. The third-order valence-corrected chi connectivity index (χ3v) is 12.2. The van der Waals surface area contributed by atoms with Crippen molar-refractivity contribution in [2.24, 2.45) is 22.9 Å². The summed E-state index contributed by atoms with van der Waals surface area (Å²) >= 11 is 0. The summed E-state index contributed by atoms with van der Waals surface area (Å²) in [6.07, 6.45) is 10.2. The molecule has 3 aromatic carbocycles. The van der Waals surface area contributed by atoms with E-state index in [4.69, 9.17) is 38.4 Å². The van der Waals surface area contributed by atoms with Crippen LogP contribution in [0, 0.1) is 17.8 Å². The highest BCUT2D eigenvalue weighted by Crippen LogP contribution is 2.62. The molecule has 3 aromatic rings. The summed E-state index contributed by atoms with van der Waals surface area (Å²) in [5.41, 5.74) is 3.39. The molecule has 0 saturated heterocycles. The summed E-state index contributed by atoms with van der Waals surface area (Å²) < 4.78 is 37.5. The summed E-state index contributed by atoms with van der Waals surface area (Å²) in [7, 11) is 1.52. The van der Waals surface area contributed by atoms with Crippen LogP contribution in [0.5, 0.6) is 34.5 Å². The summed E-state index contributed by atoms with van der Waals surface area (Å²) in [4.78, 5) is 34.7. The van der Waals surface area contributed by atoms with E-state index < -0.39 is 17.7 Å². The van der Waals surface area contributed by atoms with Crippen LogP contribution < -0.4 is 23.7 Å². The number of carbonyl (C=O) groups is 2. The van der Waals surface area contributed by atoms with Crippen LogP contribution in [0.15, 0.2) is 84.1 Å². The lowest BCUT2D eigenvalue weighted by molar-refractivity contribution is -0.254. The molecule has 0 radical (unpaired) electrons. The number of unbranched alkanes of at least 4 members (excludes halogenated alkanes) is 2. The number of nitrogens with zero attached hydrogens (tertiary/aromatic N) is 2. The fraction of sp³-hybridized carbons (Fsp3) is 0.479. The monoisotopic (exact) mass is 838 g/mol. The standard InChI is InChI=1S/C48H58N2O11/c1-5-20-50(47(54)32-14-17-42-43(26-32)57-30-56-42)44-28-39(49-59-7-3)37-25-31(12-8-10-21-51)36(13-9-11-22-52)45-38-27-35(60-34-15-18-40(55-4)33(24-34)29-53)16-19-41(38)61-48(44,46(37)45)58-23-6-2/h6,14-19,24-27,29,31,36,44-46,51-52H,2,5,7-13,20-23,28,30H2,1,3-4H3. The lowest BCUT2D eigenvalue weighted by Crippen LogP contribution is -2.70. The van der Waals surface area contributed by atoms with E-state index in [1.54, 1.807) is 42.5 Å². The van der Waals surface area contributed by atoms with Crippen LogP contribution in [0.1, 0.15) is 97.4 Å². The van der Waals surface area contributed by atoms with Crippen LogP contribution in [0.2, 0.25) is 0 Å². The molecule has 6 atom stereocenters. The number of aliphatic hydroxyl groups is 2. The SMILES string of the molecule is C=CCOC12Oc3ccc(Oc4ccc(OC)c(C=O)c4)cc3C3C(CCCCO)C(CCCCO)C=C(C(=NOCC)CC1N(CCC)C(=O)c1ccc4c(c1)OCO4)C32. The van der Waals surface area contributed by atoms with Gasteiger partial charge in [-0.25, -0.2) is 0 Å². The van der Waals surface area contributed by atoms with Gasteiger partial charge in [0.2, 0.25) is 12.6 Å². The first-order chi connectivity index (χ1) is 29.8. The van der Waals surface area contributed by atoms with Gasteiger partial charge in [0.1, 0.15) is 35.6 Å². The van der Waals surface area contributed by atoms with Crippen LogP contribution >= 0.6 is 0 Å². The van der Waals surface area contributed by atoms with E-state index in [0.717, 1.165) is 48.8 Å². The molecule has 0 bridgehead atoms. The van der Waals surface area contributed by atoms with E-state index in [9.17, 15) is 15.0 Å². The number of hydrogen-bond acceptors (Lipinski definition) is 12. The second-order valence-electron chi connectivity index (χ2n) is 15.9. The van der Waals surface area contributed by atoms with E-state index in [1.165, 1.54) is 7.11 Å². The first kappa shape index (κ1) is 43.7. The largest absolute Gasteiger partial charge is 0.496 e. The van der Waals surface area contributed by atoms with Crippen molar-refractivity contribution in [1.82, 2.24) is 4.90 Å². The molecular formula is C48H58N2O11. The van der Waals surface area contributed by atoms with Crippen LogP contribution in [0.25, 0.3) is 0 Å². The number of aliphatic hydroxyl groups excluding tert-OH is 2. The molecule has 2 N–H and O–H groups in total. The molecule has 1 amide bonds. The Morgan fingerprint density at radius 3 is 2.46 bits per heavy atom. The van der Waals surface area contributed by atoms with Gasteiger partial charge in [0.05, 0.1) is 30.9 Å². The normalized spacial score (nSPS) is 23.9. The van der Waals surface area contributed by atoms with E-state index in [-0.39, 0.29) is 56.7 Å². The van der Waals surface area contributed by atoms with Crippen LogP contribution in [-0.4, -0.2) is 91.7 Å². The molecule has 4 aliphatic rings. The Hall–Kier alpha value is -5.37. The molecule has 326 valence electrons. The summed E-state index contributed by atoms with van der Waals surface area (Å²) in [5, 5.41) is 24.6. The number of rotatable bonds is 21. The zero-order valence-corrected chi connectivity index (χ0v) is 35.4. The van der Waals surface area contributed by atoms with Crippen molar-refractivity contribution in [3.63, 3.8) is 0 Å². The minimum atomic E-state index is -1.41. The van der Waals surface area contributed by atoms with Crippen molar-refractivity contribution in [2.45, 2.75) is 83.0 Å². The second kappa shape index (κ2) is 20.0. The zero-order chi connectivity index (χ0) is 42.9. The maximum Gasteiger partial charge on any atom is 0.254 e. The lowest BCUT2D eigenvalue weighted by Gasteiger charge is -2.60. The van der Waals surface area contributed by atoms with Gasteiger partial charge in [0.25, 0.3) is 5.91 Å². The van der Waals surface area contributed by atoms with Crippen molar-refractivity contribution in [1.29, 1.82) is 0 Å². The Morgan fingerprint density at radius 1 is 0.967 bits per heavy atom. The minimum absolute atomic E-state index is 0.0301. The quantitative estimate of drug-likeness (QED) is 0.0462. The minimum Gasteiger partial charge on any atom is -0.496 e. The first-order valence-corrected chi connectivity index (χ1v) is 21.6. The number of aldehydes is 1. The average molecular weight is 839 g/mol. The number of benzene rings is 3. The Balaban J connectivity index is 1.43. The van der Waals surface area contributed by atoms with Gasteiger partial charge in [0, 0.05) is 43.2 Å². The van der Waals surface area contributed by atoms with Crippen LogP contribution in [0.3, 0.4) is 0 Å². The first-order valence-electron chi connectivity index (χ1n) is 21.6. The van der Waals surface area contributed by atoms with Gasteiger partial charge in [-0.05, 0) is 111 Å². The van der Waals surface area contributed by atoms with Gasteiger partial charge in [-0.3, -0.25) is 9.59 Å². The highest BCUT2D eigenvalue weighted by atomic mass is 16.7. The topological polar surface area (TPSA) is 155 Å². The van der Waals surface area contributed by atoms with Crippen molar-refractivity contribution in [2.75, 3.05) is 46.9 Å². The molecule has 6 unspecified atom stereocenters.